The van der Waals surface area contributed by atoms with Gasteiger partial charge in [0.1, 0.15) is 0 Å². The van der Waals surface area contributed by atoms with Crippen LogP contribution in [0.3, 0.4) is 0 Å². The molecule has 0 amide bonds. The van der Waals surface area contributed by atoms with Crippen LogP contribution in [0.2, 0.25) is 0 Å². The lowest BCUT2D eigenvalue weighted by atomic mass is 10.0. The molecule has 2 aromatic rings. The highest BCUT2D eigenvalue weighted by atomic mass is 32.2. The number of benzene rings is 2. The lowest BCUT2D eigenvalue weighted by Gasteiger charge is -2.13. The van der Waals surface area contributed by atoms with Crippen molar-refractivity contribution >= 4 is 10.0 Å². The van der Waals surface area contributed by atoms with Crippen LogP contribution in [0.4, 0.5) is 0 Å². The summed E-state index contributed by atoms with van der Waals surface area (Å²) in [6, 6.07) is 17.5. The summed E-state index contributed by atoms with van der Waals surface area (Å²) in [6.45, 7) is 4.42. The standard InChI is InChI=1S/C17H21NO2S/c1-14-8-10-16(11-9-14)13-21(19,20)18-12-15(2)17-6-4-3-5-7-17/h3-11,15,18H,12-13H2,1-2H3/t15-/m0/s1. The van der Waals surface area contributed by atoms with Gasteiger partial charge in [0.15, 0.2) is 0 Å². The van der Waals surface area contributed by atoms with Gasteiger partial charge in [-0.15, -0.1) is 0 Å². The van der Waals surface area contributed by atoms with E-state index in [4.69, 9.17) is 0 Å². The van der Waals surface area contributed by atoms with E-state index >= 15 is 0 Å². The Kier molecular flexibility index (Phi) is 5.15. The molecule has 0 fully saturated rings. The van der Waals surface area contributed by atoms with E-state index in [2.05, 4.69) is 4.72 Å². The zero-order chi connectivity index (χ0) is 15.3. The van der Waals surface area contributed by atoms with Gasteiger partial charge in [-0.1, -0.05) is 67.1 Å². The third kappa shape index (κ3) is 4.99. The zero-order valence-corrected chi connectivity index (χ0v) is 13.2. The molecule has 3 nitrogen and oxygen atoms in total. The molecule has 4 heteroatoms. The van der Waals surface area contributed by atoms with Crippen molar-refractivity contribution in [2.75, 3.05) is 6.54 Å². The SMILES string of the molecule is Cc1ccc(CS(=O)(=O)NC[C@H](C)c2ccccc2)cc1. The topological polar surface area (TPSA) is 46.2 Å². The van der Waals surface area contributed by atoms with Gasteiger partial charge in [-0.25, -0.2) is 13.1 Å². The van der Waals surface area contributed by atoms with Crippen LogP contribution in [0, 0.1) is 6.92 Å². The van der Waals surface area contributed by atoms with Crippen molar-refractivity contribution in [1.82, 2.24) is 4.72 Å². The second kappa shape index (κ2) is 6.87. The summed E-state index contributed by atoms with van der Waals surface area (Å²) < 4.78 is 26.9. The molecule has 0 aliphatic rings. The maximum Gasteiger partial charge on any atom is 0.215 e. The highest BCUT2D eigenvalue weighted by Gasteiger charge is 2.13. The summed E-state index contributed by atoms with van der Waals surface area (Å²) in [5, 5.41) is 0. The van der Waals surface area contributed by atoms with Crippen molar-refractivity contribution in [2.45, 2.75) is 25.5 Å². The first-order chi connectivity index (χ1) is 9.96. The molecule has 2 aromatic carbocycles. The highest BCUT2D eigenvalue weighted by molar-refractivity contribution is 7.88. The average Bonchev–Trinajstić information content (AvgIpc) is 2.48. The van der Waals surface area contributed by atoms with E-state index in [0.29, 0.717) is 6.54 Å². The lowest BCUT2D eigenvalue weighted by molar-refractivity contribution is 0.574. The smallest absolute Gasteiger partial charge is 0.214 e. The van der Waals surface area contributed by atoms with E-state index in [1.165, 1.54) is 0 Å². The van der Waals surface area contributed by atoms with Gasteiger partial charge in [-0.2, -0.15) is 0 Å². The number of nitrogens with one attached hydrogen (secondary N) is 1. The van der Waals surface area contributed by atoms with E-state index in [1.807, 2.05) is 68.4 Å². The minimum absolute atomic E-state index is 0.0226. The molecule has 0 unspecified atom stereocenters. The van der Waals surface area contributed by atoms with E-state index in [1.54, 1.807) is 0 Å². The van der Waals surface area contributed by atoms with Crippen LogP contribution in [0.1, 0.15) is 29.5 Å². The Bertz CT molecular complexity index is 664. The Hall–Kier alpha value is -1.65. The number of rotatable bonds is 6. The average molecular weight is 303 g/mol. The molecule has 0 aliphatic carbocycles. The van der Waals surface area contributed by atoms with Crippen LogP contribution >= 0.6 is 0 Å². The fourth-order valence-corrected chi connectivity index (χ4v) is 3.34. The number of hydrogen-bond acceptors (Lipinski definition) is 2. The number of sulfonamides is 1. The summed E-state index contributed by atoms with van der Waals surface area (Å²) in [5.41, 5.74) is 3.07. The molecule has 0 heterocycles. The summed E-state index contributed by atoms with van der Waals surface area (Å²) in [6.07, 6.45) is 0. The van der Waals surface area contributed by atoms with Gasteiger partial charge in [0.25, 0.3) is 0 Å². The Morgan fingerprint density at radius 3 is 2.24 bits per heavy atom. The maximum atomic E-state index is 12.1. The lowest BCUT2D eigenvalue weighted by Crippen LogP contribution is -2.28. The molecule has 0 bridgehead atoms. The van der Waals surface area contributed by atoms with Crippen molar-refractivity contribution in [1.29, 1.82) is 0 Å². The van der Waals surface area contributed by atoms with Gasteiger partial charge in [0.2, 0.25) is 10.0 Å². The molecule has 0 saturated carbocycles. The van der Waals surface area contributed by atoms with Gasteiger partial charge in [-0.3, -0.25) is 0 Å². The maximum absolute atomic E-state index is 12.1. The Morgan fingerprint density at radius 2 is 1.62 bits per heavy atom. The van der Waals surface area contributed by atoms with E-state index in [0.717, 1.165) is 16.7 Å². The first kappa shape index (κ1) is 15.7. The van der Waals surface area contributed by atoms with Gasteiger partial charge in [0.05, 0.1) is 5.75 Å². The largest absolute Gasteiger partial charge is 0.215 e. The molecule has 0 radical (unpaired) electrons. The predicted molar refractivity (Wildman–Crippen MR) is 86.7 cm³/mol. The molecule has 21 heavy (non-hydrogen) atoms. The first-order valence-corrected chi connectivity index (χ1v) is 8.69. The predicted octanol–water partition coefficient (Wildman–Crippen LogP) is 3.22. The molecule has 0 aliphatic heterocycles. The molecule has 0 spiro atoms. The molecular weight excluding hydrogens is 282 g/mol. The van der Waals surface area contributed by atoms with Crippen LogP contribution in [0.25, 0.3) is 0 Å². The first-order valence-electron chi connectivity index (χ1n) is 7.04. The third-order valence-corrected chi connectivity index (χ3v) is 4.78. The fourth-order valence-electron chi connectivity index (χ4n) is 2.11. The summed E-state index contributed by atoms with van der Waals surface area (Å²) >= 11 is 0. The summed E-state index contributed by atoms with van der Waals surface area (Å²) in [4.78, 5) is 0. The Morgan fingerprint density at radius 1 is 1.00 bits per heavy atom. The van der Waals surface area contributed by atoms with Gasteiger partial charge >= 0.3 is 0 Å². The summed E-state index contributed by atoms with van der Waals surface area (Å²) in [7, 11) is -3.30. The van der Waals surface area contributed by atoms with E-state index in [9.17, 15) is 8.42 Å². The monoisotopic (exact) mass is 303 g/mol. The molecule has 2 rings (SSSR count). The second-order valence-corrected chi connectivity index (χ2v) is 7.21. The van der Waals surface area contributed by atoms with Crippen molar-refractivity contribution in [3.63, 3.8) is 0 Å². The van der Waals surface area contributed by atoms with Gasteiger partial charge in [0, 0.05) is 6.54 Å². The molecule has 0 aromatic heterocycles. The zero-order valence-electron chi connectivity index (χ0n) is 12.4. The van der Waals surface area contributed by atoms with E-state index in [-0.39, 0.29) is 11.7 Å². The molecule has 1 atom stereocenters. The van der Waals surface area contributed by atoms with Gasteiger partial charge in [-0.05, 0) is 24.0 Å². The van der Waals surface area contributed by atoms with Crippen LogP contribution in [0.5, 0.6) is 0 Å². The normalized spacial score (nSPS) is 13.0. The summed E-state index contributed by atoms with van der Waals surface area (Å²) in [5.74, 6) is 0.174. The third-order valence-electron chi connectivity index (χ3n) is 3.46. The Balaban J connectivity index is 1.94. The van der Waals surface area contributed by atoms with Gasteiger partial charge < -0.3 is 0 Å². The number of hydrogen-bond donors (Lipinski definition) is 1. The van der Waals surface area contributed by atoms with Crippen LogP contribution in [-0.4, -0.2) is 15.0 Å². The quantitative estimate of drug-likeness (QED) is 0.890. The van der Waals surface area contributed by atoms with Crippen LogP contribution in [-0.2, 0) is 15.8 Å². The minimum Gasteiger partial charge on any atom is -0.214 e. The Labute approximate surface area is 127 Å². The molecule has 112 valence electrons. The minimum atomic E-state index is -3.30. The highest BCUT2D eigenvalue weighted by Crippen LogP contribution is 2.14. The van der Waals surface area contributed by atoms with Crippen molar-refractivity contribution in [3.05, 3.63) is 71.3 Å². The van der Waals surface area contributed by atoms with Crippen molar-refractivity contribution < 1.29 is 8.42 Å². The van der Waals surface area contributed by atoms with Crippen molar-refractivity contribution in [2.24, 2.45) is 0 Å². The molecule has 1 N–H and O–H groups in total. The van der Waals surface area contributed by atoms with Crippen LogP contribution < -0.4 is 4.72 Å². The van der Waals surface area contributed by atoms with Crippen LogP contribution in [0.15, 0.2) is 54.6 Å². The second-order valence-electron chi connectivity index (χ2n) is 5.40. The van der Waals surface area contributed by atoms with E-state index < -0.39 is 10.0 Å². The number of aryl methyl sites for hydroxylation is 1. The fraction of sp³-hybridized carbons (Fsp3) is 0.294. The van der Waals surface area contributed by atoms with Crippen molar-refractivity contribution in [3.8, 4) is 0 Å². The molecule has 0 saturated heterocycles. The molecular formula is C17H21NO2S.